The Hall–Kier alpha value is -1.42. The third kappa shape index (κ3) is 3.53. The Balaban J connectivity index is 1.88. The zero-order valence-corrected chi connectivity index (χ0v) is 11.7. The van der Waals surface area contributed by atoms with Gasteiger partial charge in [0, 0.05) is 12.6 Å². The lowest BCUT2D eigenvalue weighted by atomic mass is 10.1. The number of amides is 1. The maximum atomic E-state index is 12.0. The maximum Gasteiger partial charge on any atom is 0.239 e. The zero-order valence-electron chi connectivity index (χ0n) is 10.9. The molecule has 1 aliphatic carbocycles. The van der Waals surface area contributed by atoms with Crippen molar-refractivity contribution in [2.75, 3.05) is 25.5 Å². The summed E-state index contributed by atoms with van der Waals surface area (Å²) in [5, 5.41) is 14.1. The predicted octanol–water partition coefficient (Wildman–Crippen LogP) is 1.23. The van der Waals surface area contributed by atoms with E-state index in [1.54, 1.807) is 11.4 Å². The Labute approximate surface area is 117 Å². The van der Waals surface area contributed by atoms with E-state index in [0.717, 1.165) is 0 Å². The number of carbonyl (C=O) groups excluding carboxylic acids is 1. The number of nitrogens with zero attached hydrogens (tertiary/aromatic N) is 2. The number of likely N-dealkylation sites (N-methyl/N-ethyl adjacent to an activating group) is 1. The van der Waals surface area contributed by atoms with Crippen LogP contribution in [0.5, 0.6) is 0 Å². The molecule has 1 atom stereocenters. The topological polar surface area (TPSA) is 82.2 Å². The third-order valence-corrected chi connectivity index (χ3v) is 4.24. The van der Waals surface area contributed by atoms with Crippen molar-refractivity contribution in [3.8, 4) is 6.07 Å². The van der Waals surface area contributed by atoms with Gasteiger partial charge < -0.3 is 11.1 Å². The van der Waals surface area contributed by atoms with Gasteiger partial charge in [-0.15, -0.1) is 11.3 Å². The highest BCUT2D eigenvalue weighted by atomic mass is 32.1. The molecular formula is C13H18N4OS. The van der Waals surface area contributed by atoms with Crippen molar-refractivity contribution in [1.82, 2.24) is 4.90 Å². The highest BCUT2D eigenvalue weighted by molar-refractivity contribution is 7.14. The summed E-state index contributed by atoms with van der Waals surface area (Å²) in [6, 6.07) is 4.05. The van der Waals surface area contributed by atoms with Gasteiger partial charge >= 0.3 is 0 Å². The van der Waals surface area contributed by atoms with Crippen LogP contribution >= 0.6 is 11.3 Å². The second-order valence-electron chi connectivity index (χ2n) is 4.88. The van der Waals surface area contributed by atoms with Gasteiger partial charge in [-0.25, -0.2) is 0 Å². The molecule has 1 saturated carbocycles. The molecule has 0 radical (unpaired) electrons. The van der Waals surface area contributed by atoms with Gasteiger partial charge in [-0.3, -0.25) is 9.69 Å². The Kier molecular flexibility index (Phi) is 4.53. The molecule has 1 fully saturated rings. The van der Waals surface area contributed by atoms with Gasteiger partial charge in [0.25, 0.3) is 0 Å². The second kappa shape index (κ2) is 6.15. The summed E-state index contributed by atoms with van der Waals surface area (Å²) in [5.41, 5.74) is 6.27. The minimum absolute atomic E-state index is 0.0967. The van der Waals surface area contributed by atoms with Crippen LogP contribution in [0.25, 0.3) is 0 Å². The van der Waals surface area contributed by atoms with Crippen molar-refractivity contribution >= 4 is 22.2 Å². The molecule has 3 N–H and O–H groups in total. The minimum Gasteiger partial charge on any atom is -0.329 e. The van der Waals surface area contributed by atoms with E-state index in [1.165, 1.54) is 24.2 Å². The van der Waals surface area contributed by atoms with E-state index in [0.29, 0.717) is 29.6 Å². The van der Waals surface area contributed by atoms with Crippen LogP contribution in [-0.2, 0) is 4.79 Å². The van der Waals surface area contributed by atoms with Crippen molar-refractivity contribution in [2.24, 2.45) is 11.7 Å². The van der Waals surface area contributed by atoms with E-state index in [1.807, 2.05) is 11.9 Å². The van der Waals surface area contributed by atoms with E-state index in [4.69, 9.17) is 11.0 Å². The summed E-state index contributed by atoms with van der Waals surface area (Å²) in [6.07, 6.45) is 2.41. The first-order chi connectivity index (χ1) is 9.15. The van der Waals surface area contributed by atoms with Gasteiger partial charge in [-0.1, -0.05) is 0 Å². The van der Waals surface area contributed by atoms with E-state index in [2.05, 4.69) is 11.4 Å². The van der Waals surface area contributed by atoms with Crippen LogP contribution in [0.4, 0.5) is 5.00 Å². The lowest BCUT2D eigenvalue weighted by Crippen LogP contribution is -2.43. The molecule has 102 valence electrons. The van der Waals surface area contributed by atoms with Gasteiger partial charge in [0.1, 0.15) is 11.1 Å². The van der Waals surface area contributed by atoms with Crippen LogP contribution < -0.4 is 11.1 Å². The van der Waals surface area contributed by atoms with E-state index in [9.17, 15) is 4.79 Å². The van der Waals surface area contributed by atoms with Crippen LogP contribution in [0.3, 0.4) is 0 Å². The van der Waals surface area contributed by atoms with Crippen LogP contribution in [0.2, 0.25) is 0 Å². The molecule has 5 nitrogen and oxygen atoms in total. The van der Waals surface area contributed by atoms with Crippen molar-refractivity contribution in [2.45, 2.75) is 18.9 Å². The number of nitrogens with one attached hydrogen (secondary N) is 1. The molecule has 0 saturated heterocycles. The summed E-state index contributed by atoms with van der Waals surface area (Å²) < 4.78 is 0. The lowest BCUT2D eigenvalue weighted by molar-refractivity contribution is -0.117. The van der Waals surface area contributed by atoms with Crippen molar-refractivity contribution in [3.63, 3.8) is 0 Å². The summed E-state index contributed by atoms with van der Waals surface area (Å²) >= 11 is 1.36. The van der Waals surface area contributed by atoms with Gasteiger partial charge in [0.15, 0.2) is 0 Å². The Bertz CT molecular complexity index is 489. The molecule has 1 aromatic heterocycles. The number of carbonyl (C=O) groups is 1. The van der Waals surface area contributed by atoms with Crippen LogP contribution in [-0.4, -0.2) is 37.0 Å². The fourth-order valence-electron chi connectivity index (χ4n) is 2.22. The van der Waals surface area contributed by atoms with E-state index >= 15 is 0 Å². The molecule has 0 aromatic carbocycles. The van der Waals surface area contributed by atoms with E-state index in [-0.39, 0.29) is 11.9 Å². The van der Waals surface area contributed by atoms with Crippen LogP contribution in [0.1, 0.15) is 18.4 Å². The van der Waals surface area contributed by atoms with Crippen molar-refractivity contribution < 1.29 is 4.79 Å². The molecule has 2 rings (SSSR count). The molecule has 19 heavy (non-hydrogen) atoms. The van der Waals surface area contributed by atoms with Gasteiger partial charge in [-0.2, -0.15) is 5.26 Å². The first kappa shape index (κ1) is 14.0. The third-order valence-electron chi connectivity index (χ3n) is 3.41. The molecule has 1 aliphatic rings. The number of nitrogens with two attached hydrogens (primary N) is 1. The SMILES string of the molecule is CN(CC(=O)Nc1sccc1C#N)C(CN)C1CC1. The average Bonchev–Trinajstić information content (AvgIpc) is 3.10. The minimum atomic E-state index is -0.0967. The van der Waals surface area contributed by atoms with Gasteiger partial charge in [-0.05, 0) is 37.3 Å². The highest BCUT2D eigenvalue weighted by Gasteiger charge is 2.33. The summed E-state index contributed by atoms with van der Waals surface area (Å²) in [7, 11) is 1.93. The number of anilines is 1. The lowest BCUT2D eigenvalue weighted by Gasteiger charge is -2.26. The number of thiophene rings is 1. The predicted molar refractivity (Wildman–Crippen MR) is 75.9 cm³/mol. The number of nitriles is 1. The van der Waals surface area contributed by atoms with Gasteiger partial charge in [0.05, 0.1) is 12.1 Å². The quantitative estimate of drug-likeness (QED) is 0.820. The van der Waals surface area contributed by atoms with Crippen LogP contribution in [0.15, 0.2) is 11.4 Å². The first-order valence-corrected chi connectivity index (χ1v) is 7.21. The molecule has 1 heterocycles. The van der Waals surface area contributed by atoms with Gasteiger partial charge in [0.2, 0.25) is 5.91 Å². The fraction of sp³-hybridized carbons (Fsp3) is 0.538. The summed E-state index contributed by atoms with van der Waals surface area (Å²) in [6.45, 7) is 0.887. The maximum absolute atomic E-state index is 12.0. The molecular weight excluding hydrogens is 260 g/mol. The monoisotopic (exact) mass is 278 g/mol. The summed E-state index contributed by atoms with van der Waals surface area (Å²) in [4.78, 5) is 14.0. The molecule has 1 unspecified atom stereocenters. The highest BCUT2D eigenvalue weighted by Crippen LogP contribution is 2.34. The Morgan fingerprint density at radius 1 is 1.74 bits per heavy atom. The van der Waals surface area contributed by atoms with E-state index < -0.39 is 0 Å². The molecule has 0 aliphatic heterocycles. The standard InChI is InChI=1S/C13H18N4OS/c1-17(11(7-15)9-2-3-9)8-12(18)16-13-10(6-14)4-5-19-13/h4-5,9,11H,2-3,7-8,15H2,1H3,(H,16,18). The zero-order chi connectivity index (χ0) is 13.8. The Morgan fingerprint density at radius 2 is 2.47 bits per heavy atom. The smallest absolute Gasteiger partial charge is 0.239 e. The number of rotatable bonds is 6. The molecule has 1 aromatic rings. The fourth-order valence-corrected chi connectivity index (χ4v) is 2.97. The Morgan fingerprint density at radius 3 is 3.05 bits per heavy atom. The molecule has 1 amide bonds. The number of hydrogen-bond acceptors (Lipinski definition) is 5. The van der Waals surface area contributed by atoms with Crippen molar-refractivity contribution in [3.05, 3.63) is 17.0 Å². The summed E-state index contributed by atoms with van der Waals surface area (Å²) in [5.74, 6) is 0.541. The number of hydrogen-bond donors (Lipinski definition) is 2. The molecule has 0 bridgehead atoms. The van der Waals surface area contributed by atoms with Crippen molar-refractivity contribution in [1.29, 1.82) is 5.26 Å². The largest absolute Gasteiger partial charge is 0.329 e. The normalized spacial score (nSPS) is 16.1. The average molecular weight is 278 g/mol. The second-order valence-corrected chi connectivity index (χ2v) is 5.80. The molecule has 0 spiro atoms. The molecule has 6 heteroatoms. The van der Waals surface area contributed by atoms with Crippen LogP contribution in [0, 0.1) is 17.2 Å². The first-order valence-electron chi connectivity index (χ1n) is 6.33.